The largest absolute Gasteiger partial charge is 0.444 e. The number of hydrogen-bond acceptors (Lipinski definition) is 22. The molecule has 34 nitrogen and oxygen atoms in total. The normalized spacial score (nSPS) is 17.4. The molecule has 3 aromatic carbocycles. The van der Waals surface area contributed by atoms with E-state index < -0.39 is 22.8 Å². The van der Waals surface area contributed by atoms with E-state index in [0.717, 1.165) is 113 Å². The Bertz CT molecular complexity index is 6400. The van der Waals surface area contributed by atoms with Crippen molar-refractivity contribution >= 4 is 102 Å². The third kappa shape index (κ3) is 23.4. The number of nitrogens with one attached hydrogen (secondary N) is 5. The average molecular weight is 1860 g/mol. The molecule has 696 valence electrons. The van der Waals surface area contributed by atoms with Gasteiger partial charge in [-0.25, -0.2) is 66.7 Å². The lowest BCUT2D eigenvalue weighted by Gasteiger charge is -2.34. The summed E-state index contributed by atoms with van der Waals surface area (Å²) in [6.45, 7) is 25.9. The summed E-state index contributed by atoms with van der Waals surface area (Å²) in [4.78, 5) is 128. The van der Waals surface area contributed by atoms with Crippen molar-refractivity contribution in [2.45, 2.75) is 226 Å². The minimum Gasteiger partial charge on any atom is -0.444 e. The maximum Gasteiger partial charge on any atom is 0.410 e. The summed E-state index contributed by atoms with van der Waals surface area (Å²) in [6, 6.07) is 14.2. The fourth-order valence-electron chi connectivity index (χ4n) is 17.3. The molecule has 1 aliphatic carbocycles. The molecular weight excluding hydrogens is 1750 g/mol. The molecule has 2 amide bonds. The van der Waals surface area contributed by atoms with Crippen molar-refractivity contribution in [1.29, 1.82) is 0 Å². The summed E-state index contributed by atoms with van der Waals surface area (Å²) in [5, 5.41) is 25.2. The highest BCUT2D eigenvalue weighted by molar-refractivity contribution is 6.34. The van der Waals surface area contributed by atoms with Gasteiger partial charge in [0.2, 0.25) is 0 Å². The molecule has 1 saturated carbocycles. The van der Waals surface area contributed by atoms with Crippen molar-refractivity contribution in [3.8, 4) is 0 Å². The fourth-order valence-corrected chi connectivity index (χ4v) is 18.1. The number of carbonyl (C=O) groups is 2. The number of H-pyrrole nitrogens is 5. The molecule has 0 radical (unpaired) electrons. The first-order valence-electron chi connectivity index (χ1n) is 44.8. The molecule has 131 heavy (non-hydrogen) atoms. The number of hydrogen-bond donors (Lipinski definition) is 5. The van der Waals surface area contributed by atoms with Crippen molar-refractivity contribution in [1.82, 2.24) is 109 Å². The Morgan fingerprint density at radius 1 is 0.435 bits per heavy atom. The molecule has 19 rings (SSSR count). The van der Waals surface area contributed by atoms with E-state index in [0.29, 0.717) is 166 Å². The van der Waals surface area contributed by atoms with Crippen molar-refractivity contribution in [2.75, 3.05) is 65.8 Å². The highest BCUT2D eigenvalue weighted by atomic mass is 35.5. The third-order valence-corrected chi connectivity index (χ3v) is 24.5. The van der Waals surface area contributed by atoms with Crippen LogP contribution < -0.4 is 27.8 Å². The number of aryl methyl sites for hydroxylation is 2. The molecule has 5 saturated heterocycles. The van der Waals surface area contributed by atoms with Gasteiger partial charge in [-0.05, 0) is 173 Å². The van der Waals surface area contributed by atoms with Crippen LogP contribution in [0.1, 0.15) is 226 Å². The lowest BCUT2D eigenvalue weighted by molar-refractivity contribution is 0.0159. The number of carbonyl (C=O) groups excluding carboxylic acids is 2. The van der Waals surface area contributed by atoms with Crippen LogP contribution in [0.15, 0.2) is 103 Å². The van der Waals surface area contributed by atoms with Crippen LogP contribution in [0.3, 0.4) is 0 Å². The van der Waals surface area contributed by atoms with Crippen LogP contribution in [0, 0.1) is 37.3 Å². The number of benzene rings is 3. The van der Waals surface area contributed by atoms with Crippen LogP contribution in [0.5, 0.6) is 0 Å². The maximum absolute atomic E-state index is 14.0. The zero-order chi connectivity index (χ0) is 92.7. The van der Waals surface area contributed by atoms with Crippen LogP contribution in [0.2, 0.25) is 15.1 Å². The lowest BCUT2D eigenvalue weighted by Crippen LogP contribution is -2.43. The van der Waals surface area contributed by atoms with Gasteiger partial charge in [-0.15, -0.1) is 0 Å². The zero-order valence-corrected chi connectivity index (χ0v) is 77.5. The SMILES string of the molecule is CC(C)(C)OC(=O)N1CCCC(n2ncc3c(=O)[nH]c(CC4CCC4)nc32)C1.CC(C)Cc1nc2c(cnn2C2CCCN(C(=O)OC(C)(C)C)C2)c(=O)[nH]1.Cc1cc(C)cc(Cc2nc3c(cnn3C3CCOCC3)c(=O)[nH]2)c1.O=c1[nH]c(Cc2c(F)ccc(F)c2Cl)nc2c1cnn2C1CCOCC1.O=c1[nH]c(Cc2cc(Cl)cc(Cl)c2)nc2c1cnn2C1CCOCC1. The number of rotatable bonds is 15. The summed E-state index contributed by atoms with van der Waals surface area (Å²) >= 11 is 18.0. The predicted molar refractivity (Wildman–Crippen MR) is 492 cm³/mol. The number of amides is 2. The van der Waals surface area contributed by atoms with Gasteiger partial charge in [0.15, 0.2) is 28.2 Å². The highest BCUT2D eigenvalue weighted by Crippen LogP contribution is 2.34. The monoisotopic (exact) mass is 1860 g/mol. The van der Waals surface area contributed by atoms with Crippen LogP contribution >= 0.6 is 34.8 Å². The van der Waals surface area contributed by atoms with Crippen LogP contribution in [0.4, 0.5) is 18.4 Å². The number of likely N-dealkylation sites (tertiary alicyclic amines) is 2. The Morgan fingerprint density at radius 2 is 0.771 bits per heavy atom. The van der Waals surface area contributed by atoms with E-state index in [9.17, 15) is 42.3 Å². The minimum absolute atomic E-state index is 0.00961. The predicted octanol–water partition coefficient (Wildman–Crippen LogP) is 15.0. The Kier molecular flexibility index (Phi) is 29.6. The molecule has 13 aromatic rings. The smallest absolute Gasteiger partial charge is 0.410 e. The van der Waals surface area contributed by atoms with Crippen LogP contribution in [-0.2, 0) is 55.8 Å². The molecule has 5 aliphatic heterocycles. The molecule has 0 bridgehead atoms. The molecule has 39 heteroatoms. The van der Waals surface area contributed by atoms with Crippen molar-refractivity contribution < 1.29 is 42.1 Å². The van der Waals surface area contributed by atoms with Crippen LogP contribution in [-0.4, -0.2) is 198 Å². The zero-order valence-electron chi connectivity index (χ0n) is 75.2. The second kappa shape index (κ2) is 41.1. The van der Waals surface area contributed by atoms with Crippen molar-refractivity contribution in [3.63, 3.8) is 0 Å². The van der Waals surface area contributed by atoms with Gasteiger partial charge < -0.3 is 58.4 Å². The molecule has 2 unspecified atom stereocenters. The third-order valence-electron chi connectivity index (χ3n) is 23.7. The first kappa shape index (κ1) is 94.2. The van der Waals surface area contributed by atoms with Gasteiger partial charge in [-0.1, -0.05) is 97.2 Å². The van der Waals surface area contributed by atoms with E-state index in [4.69, 9.17) is 68.5 Å². The first-order chi connectivity index (χ1) is 62.7. The van der Waals surface area contributed by atoms with E-state index in [1.54, 1.807) is 50.0 Å². The summed E-state index contributed by atoms with van der Waals surface area (Å²) in [7, 11) is 0. The molecule has 6 fully saturated rings. The molecule has 5 N–H and O–H groups in total. The quantitative estimate of drug-likeness (QED) is 0.0595. The standard InChI is InChI=1S/C20H29N5O3.C19H29N5O3.C19H22N4O2.C17H16Cl2N4O2.C17H15ClF2N4O2/c1-20(2,3)28-19(27)24-9-5-8-14(12-24)25-17-15(11-21-25)18(26)23-16(22-17)10-13-6-4-7-13;1-12(2)9-15-21-16-14(17(25)22-15)10-20-24(16)13-7-6-8-23(11-13)18(26)27-19(3,4)5;1-12-7-13(2)9-14(8-12)10-17-21-18-16(19(24)22-17)11-20-23(18)15-3-5-25-6-4-15;18-11-5-10(6-12(19)8-11)7-15-21-16-14(17(24)22-15)9-20-23(16)13-1-3-25-4-2-13;18-15-10(12(19)1-2-13(15)20)7-14-22-16-11(17(25)23-14)8-21-24(16)9-3-5-26-6-4-9/h11,13-14H,4-10,12H2,1-3H3,(H,22,23,26);10,12-13H,6-9,11H2,1-5H3,(H,21,22,25);7-9,11,15H,3-6,10H2,1-2H3,(H,21,22,24);5-6,8-9,13H,1-4,7H2,(H,21,22,24);1-2,8-9H,3-7H2,(H,22,23,25). The van der Waals surface area contributed by atoms with E-state index in [2.05, 4.69) is 111 Å². The minimum atomic E-state index is -0.723. The fraction of sp³-hybridized carbons (Fsp3) is 0.511. The number of ether oxygens (including phenoxy) is 5. The summed E-state index contributed by atoms with van der Waals surface area (Å²) in [5.74, 6) is 2.47. The van der Waals surface area contributed by atoms with Gasteiger partial charge in [0, 0.05) is 114 Å². The van der Waals surface area contributed by atoms with Crippen LogP contribution in [0.25, 0.3) is 55.2 Å². The Morgan fingerprint density at radius 3 is 1.14 bits per heavy atom. The maximum atomic E-state index is 14.0. The van der Waals surface area contributed by atoms with E-state index in [1.165, 1.54) is 36.6 Å². The molecule has 10 aromatic heterocycles. The second-order valence-corrected chi connectivity index (χ2v) is 38.1. The topological polar surface area (TPSA) is 405 Å². The van der Waals surface area contributed by atoms with Gasteiger partial charge >= 0.3 is 12.2 Å². The summed E-state index contributed by atoms with van der Waals surface area (Å²) in [6.07, 6.45) is 21.8. The summed E-state index contributed by atoms with van der Waals surface area (Å²) in [5.41, 5.74) is 5.29. The highest BCUT2D eigenvalue weighted by Gasteiger charge is 2.34. The van der Waals surface area contributed by atoms with Gasteiger partial charge in [0.05, 0.1) is 66.2 Å². The summed E-state index contributed by atoms with van der Waals surface area (Å²) < 4.78 is 64.0. The lowest BCUT2D eigenvalue weighted by atomic mass is 9.83. The van der Waals surface area contributed by atoms with E-state index in [-0.39, 0.29) is 93.0 Å². The Labute approximate surface area is 767 Å². The average Bonchev–Trinajstić information content (AvgIpc) is 1.71. The number of nitrogens with zero attached hydrogens (tertiary/aromatic N) is 17. The molecule has 0 spiro atoms. The number of halogens is 5. The van der Waals surface area contributed by atoms with E-state index >= 15 is 0 Å². The van der Waals surface area contributed by atoms with E-state index in [1.807, 2.05) is 67.7 Å². The Balaban J connectivity index is 0.000000125. The number of fused-ring (bicyclic) bond motifs is 5. The number of piperidine rings is 2. The molecule has 6 aliphatic rings. The van der Waals surface area contributed by atoms with Crippen molar-refractivity contribution in [3.05, 3.63) is 215 Å². The van der Waals surface area contributed by atoms with Gasteiger partial charge in [0.25, 0.3) is 27.8 Å². The molecular formula is C92H111Cl3F2N22O12. The molecule has 2 atom stereocenters. The Hall–Kier alpha value is -11.4. The second-order valence-electron chi connectivity index (χ2n) is 36.9. The van der Waals surface area contributed by atoms with Crippen molar-refractivity contribution in [2.24, 2.45) is 11.8 Å². The number of aromatic amines is 5. The van der Waals surface area contributed by atoms with Gasteiger partial charge in [-0.3, -0.25) is 24.0 Å². The molecule has 15 heterocycles. The number of aromatic nitrogens is 20. The van der Waals surface area contributed by atoms with Gasteiger partial charge in [0.1, 0.15) is 78.9 Å². The first-order valence-corrected chi connectivity index (χ1v) is 46.0. The van der Waals surface area contributed by atoms with Gasteiger partial charge in [-0.2, -0.15) is 25.5 Å².